The molecule has 3 heterocycles. The lowest BCUT2D eigenvalue weighted by Gasteiger charge is -2.27. The molecule has 0 radical (unpaired) electrons. The van der Waals surface area contributed by atoms with Gasteiger partial charge in [-0.1, -0.05) is 6.07 Å². The fourth-order valence-electron chi connectivity index (χ4n) is 4.83. The predicted octanol–water partition coefficient (Wildman–Crippen LogP) is 4.68. The summed E-state index contributed by atoms with van der Waals surface area (Å²) in [5.74, 6) is 1.18. The Hall–Kier alpha value is -4.33. The van der Waals surface area contributed by atoms with Gasteiger partial charge in [0.05, 0.1) is 38.6 Å². The zero-order chi connectivity index (χ0) is 27.0. The van der Waals surface area contributed by atoms with Crippen molar-refractivity contribution in [1.82, 2.24) is 9.88 Å². The fraction of sp³-hybridized carbons (Fsp3) is 0.250. The molecule has 0 unspecified atom stereocenters. The Morgan fingerprint density at radius 1 is 1.16 bits per heavy atom. The van der Waals surface area contributed by atoms with Crippen LogP contribution in [0.3, 0.4) is 0 Å². The molecule has 1 aliphatic heterocycles. The number of methoxy groups -OCH3 is 3. The van der Waals surface area contributed by atoms with E-state index in [4.69, 9.17) is 24.9 Å². The summed E-state index contributed by atoms with van der Waals surface area (Å²) in [5.41, 5.74) is 11.8. The number of carbonyl (C=O) groups is 1. The molecule has 1 amide bonds. The van der Waals surface area contributed by atoms with Crippen molar-refractivity contribution in [2.45, 2.75) is 13.0 Å². The number of ether oxygens (including phenoxy) is 3. The maximum Gasteiger partial charge on any atom is 0.267 e. The minimum Gasteiger partial charge on any atom is -0.493 e. The number of rotatable bonds is 6. The predicted molar refractivity (Wildman–Crippen MR) is 148 cm³/mol. The summed E-state index contributed by atoms with van der Waals surface area (Å²) in [4.78, 5) is 21.6. The van der Waals surface area contributed by atoms with Crippen LogP contribution < -0.4 is 25.3 Å². The second-order valence-electron chi connectivity index (χ2n) is 8.99. The third-order valence-electron chi connectivity index (χ3n) is 6.63. The summed E-state index contributed by atoms with van der Waals surface area (Å²) < 4.78 is 16.8. The number of hydrogen-bond acceptors (Lipinski definition) is 9. The summed E-state index contributed by atoms with van der Waals surface area (Å²) in [6.45, 7) is 1.56. The Morgan fingerprint density at radius 3 is 2.55 bits per heavy atom. The Bertz CT molecular complexity index is 1580. The van der Waals surface area contributed by atoms with Crippen molar-refractivity contribution in [3.63, 3.8) is 0 Å². The molecular formula is C28H27N5O4S. The molecule has 3 N–H and O–H groups in total. The van der Waals surface area contributed by atoms with Crippen LogP contribution in [0.25, 0.3) is 21.3 Å². The number of nitrogens with zero attached hydrogens (tertiary/aromatic N) is 3. The topological polar surface area (TPSA) is 123 Å². The normalized spacial score (nSPS) is 13.0. The molecule has 1 aliphatic rings. The minimum atomic E-state index is -0.355. The first kappa shape index (κ1) is 25.3. The SMILES string of the molecule is COc1cc(-c2c3c(nc4sc(C(=O)Nc5cccc(C#N)c5)c(N)c24)CCN(C)C3)cc(OC)c1OC. The van der Waals surface area contributed by atoms with Crippen LogP contribution in [0, 0.1) is 11.3 Å². The van der Waals surface area contributed by atoms with Crippen molar-refractivity contribution >= 4 is 38.8 Å². The van der Waals surface area contributed by atoms with E-state index < -0.39 is 0 Å². The van der Waals surface area contributed by atoms with E-state index >= 15 is 0 Å². The van der Waals surface area contributed by atoms with Crippen molar-refractivity contribution in [3.8, 4) is 34.4 Å². The van der Waals surface area contributed by atoms with E-state index in [0.717, 1.165) is 35.3 Å². The zero-order valence-electron chi connectivity index (χ0n) is 21.5. The number of nitrogen functional groups attached to an aromatic ring is 1. The van der Waals surface area contributed by atoms with Gasteiger partial charge in [-0.15, -0.1) is 11.3 Å². The molecule has 0 bridgehead atoms. The van der Waals surface area contributed by atoms with E-state index in [1.54, 1.807) is 45.6 Å². The number of nitrogens with two attached hydrogens (primary N) is 1. The monoisotopic (exact) mass is 529 g/mol. The van der Waals surface area contributed by atoms with Crippen molar-refractivity contribution in [2.24, 2.45) is 0 Å². The fourth-order valence-corrected chi connectivity index (χ4v) is 5.85. The minimum absolute atomic E-state index is 0.353. The van der Waals surface area contributed by atoms with Crippen LogP contribution in [0.4, 0.5) is 11.4 Å². The number of aromatic nitrogens is 1. The number of likely N-dealkylation sites (N-methyl/N-ethyl adjacent to an activating group) is 1. The summed E-state index contributed by atoms with van der Waals surface area (Å²) in [6, 6.07) is 12.6. The lowest BCUT2D eigenvalue weighted by atomic mass is 9.91. The van der Waals surface area contributed by atoms with Crippen LogP contribution in [-0.2, 0) is 13.0 Å². The number of pyridine rings is 1. The van der Waals surface area contributed by atoms with Crippen molar-refractivity contribution in [3.05, 3.63) is 58.1 Å². The van der Waals surface area contributed by atoms with Crippen LogP contribution in [0.5, 0.6) is 17.2 Å². The zero-order valence-corrected chi connectivity index (χ0v) is 22.4. The largest absolute Gasteiger partial charge is 0.493 e. The summed E-state index contributed by atoms with van der Waals surface area (Å²) in [7, 11) is 6.79. The summed E-state index contributed by atoms with van der Waals surface area (Å²) in [5, 5.41) is 12.8. The lowest BCUT2D eigenvalue weighted by molar-refractivity contribution is 0.103. The van der Waals surface area contributed by atoms with Crippen LogP contribution in [0.2, 0.25) is 0 Å². The van der Waals surface area contributed by atoms with Gasteiger partial charge in [-0.25, -0.2) is 4.98 Å². The van der Waals surface area contributed by atoms with Gasteiger partial charge in [-0.3, -0.25) is 4.79 Å². The van der Waals surface area contributed by atoms with Crippen molar-refractivity contribution in [2.75, 3.05) is 46.0 Å². The third kappa shape index (κ3) is 4.36. The Labute approximate surface area is 224 Å². The van der Waals surface area contributed by atoms with E-state index in [1.165, 1.54) is 11.3 Å². The van der Waals surface area contributed by atoms with Gasteiger partial charge in [-0.05, 0) is 48.5 Å². The Balaban J connectivity index is 1.72. The molecular weight excluding hydrogens is 502 g/mol. The molecule has 0 fully saturated rings. The highest BCUT2D eigenvalue weighted by molar-refractivity contribution is 7.21. The number of carbonyl (C=O) groups excluding carboxylic acids is 1. The number of anilines is 2. The molecule has 10 heteroatoms. The van der Waals surface area contributed by atoms with Gasteiger partial charge in [-0.2, -0.15) is 5.26 Å². The highest BCUT2D eigenvalue weighted by atomic mass is 32.1. The van der Waals surface area contributed by atoms with Crippen LogP contribution in [0.15, 0.2) is 36.4 Å². The van der Waals surface area contributed by atoms with E-state index in [9.17, 15) is 10.1 Å². The second-order valence-corrected chi connectivity index (χ2v) is 9.98. The van der Waals surface area contributed by atoms with Gasteiger partial charge in [0.1, 0.15) is 9.71 Å². The average molecular weight is 530 g/mol. The maximum absolute atomic E-state index is 13.4. The standard InChI is InChI=1S/C28H27N5O4S/c1-33-9-8-19-18(14-33)22(16-11-20(35-2)25(37-4)21(12-16)36-3)23-24(30)26(38-28(23)32-19)27(34)31-17-7-5-6-15(10-17)13-29/h5-7,10-12H,8-9,14,30H2,1-4H3,(H,31,34). The summed E-state index contributed by atoms with van der Waals surface area (Å²) >= 11 is 1.26. The first-order valence-electron chi connectivity index (χ1n) is 11.9. The molecule has 0 saturated carbocycles. The van der Waals surface area contributed by atoms with Gasteiger partial charge in [0, 0.05) is 41.8 Å². The molecule has 0 saturated heterocycles. The van der Waals surface area contributed by atoms with Gasteiger partial charge >= 0.3 is 0 Å². The molecule has 38 heavy (non-hydrogen) atoms. The van der Waals surface area contributed by atoms with Crippen molar-refractivity contribution in [1.29, 1.82) is 5.26 Å². The van der Waals surface area contributed by atoms with Crippen LogP contribution in [-0.4, -0.2) is 50.7 Å². The van der Waals surface area contributed by atoms with E-state index in [0.29, 0.717) is 55.8 Å². The molecule has 0 atom stereocenters. The number of nitriles is 1. The molecule has 0 spiro atoms. The number of hydrogen-bond donors (Lipinski definition) is 2. The maximum atomic E-state index is 13.4. The number of amides is 1. The number of thiophene rings is 1. The average Bonchev–Trinajstić information content (AvgIpc) is 3.26. The smallest absolute Gasteiger partial charge is 0.267 e. The molecule has 9 nitrogen and oxygen atoms in total. The van der Waals surface area contributed by atoms with E-state index in [1.807, 2.05) is 12.1 Å². The van der Waals surface area contributed by atoms with Gasteiger partial charge in [0.2, 0.25) is 5.75 Å². The van der Waals surface area contributed by atoms with Gasteiger partial charge in [0.25, 0.3) is 5.91 Å². The third-order valence-corrected chi connectivity index (χ3v) is 7.73. The Kier molecular flexibility index (Phi) is 6.80. The number of benzene rings is 2. The van der Waals surface area contributed by atoms with Crippen LogP contribution >= 0.6 is 11.3 Å². The van der Waals surface area contributed by atoms with Crippen LogP contribution in [0.1, 0.15) is 26.5 Å². The molecule has 0 aliphatic carbocycles. The molecule has 2 aromatic heterocycles. The summed E-state index contributed by atoms with van der Waals surface area (Å²) in [6.07, 6.45) is 0.777. The van der Waals surface area contributed by atoms with E-state index in [-0.39, 0.29) is 5.91 Å². The van der Waals surface area contributed by atoms with E-state index in [2.05, 4.69) is 23.3 Å². The first-order valence-corrected chi connectivity index (χ1v) is 12.7. The Morgan fingerprint density at radius 2 is 1.89 bits per heavy atom. The van der Waals surface area contributed by atoms with Crippen molar-refractivity contribution < 1.29 is 19.0 Å². The second kappa shape index (κ2) is 10.2. The highest BCUT2D eigenvalue weighted by Crippen LogP contribution is 2.47. The number of fused-ring (bicyclic) bond motifs is 2. The number of nitrogens with one attached hydrogen (secondary N) is 1. The molecule has 194 valence electrons. The van der Waals surface area contributed by atoms with Gasteiger partial charge < -0.3 is 30.2 Å². The lowest BCUT2D eigenvalue weighted by Crippen LogP contribution is -2.28. The molecule has 5 rings (SSSR count). The highest BCUT2D eigenvalue weighted by Gasteiger charge is 2.28. The quantitative estimate of drug-likeness (QED) is 0.369. The van der Waals surface area contributed by atoms with Gasteiger partial charge in [0.15, 0.2) is 11.5 Å². The molecule has 4 aromatic rings. The molecule has 2 aromatic carbocycles. The first-order chi connectivity index (χ1) is 18.4.